The molecule has 1 heterocycles. The Morgan fingerprint density at radius 2 is 1.79 bits per heavy atom. The summed E-state index contributed by atoms with van der Waals surface area (Å²) in [6.07, 6.45) is 4.58. The number of fused-ring (bicyclic) bond motifs is 2. The average Bonchev–Trinajstić information content (AvgIpc) is 3.43. The van der Waals surface area contributed by atoms with Crippen molar-refractivity contribution in [3.05, 3.63) is 48.6 Å². The molecule has 1 amide bonds. The number of rotatable bonds is 6. The van der Waals surface area contributed by atoms with Crippen LogP contribution < -0.4 is 15.1 Å². The highest BCUT2D eigenvalue weighted by Gasteiger charge is 2.49. The SMILES string of the molecule is CN(C)c1ccc(-c2ccc(S(=O)(=O)NC3C4C=CC(C4)C3C(=O)NO)s2)cc1. The molecule has 7 nitrogen and oxygen atoms in total. The molecular weight excluding hydrogens is 410 g/mol. The maximum atomic E-state index is 13.0. The van der Waals surface area contributed by atoms with Gasteiger partial charge in [-0.05, 0) is 48.1 Å². The molecule has 4 atom stereocenters. The molecule has 2 bridgehead atoms. The Bertz CT molecular complexity index is 1040. The lowest BCUT2D eigenvalue weighted by Gasteiger charge is -2.26. The third-order valence-electron chi connectivity index (χ3n) is 5.68. The summed E-state index contributed by atoms with van der Waals surface area (Å²) in [5.41, 5.74) is 3.69. The third-order valence-corrected chi connectivity index (χ3v) is 8.76. The van der Waals surface area contributed by atoms with Crippen LogP contribution in [0.1, 0.15) is 6.42 Å². The van der Waals surface area contributed by atoms with E-state index >= 15 is 0 Å². The maximum Gasteiger partial charge on any atom is 0.250 e. The van der Waals surface area contributed by atoms with Crippen LogP contribution >= 0.6 is 11.3 Å². The van der Waals surface area contributed by atoms with Crippen molar-refractivity contribution in [1.82, 2.24) is 10.2 Å². The van der Waals surface area contributed by atoms with E-state index in [0.717, 1.165) is 16.1 Å². The summed E-state index contributed by atoms with van der Waals surface area (Å²) in [4.78, 5) is 14.9. The number of carbonyl (C=O) groups is 1. The first-order chi connectivity index (χ1) is 13.8. The Hall–Kier alpha value is -2.20. The molecule has 0 radical (unpaired) electrons. The summed E-state index contributed by atoms with van der Waals surface area (Å²) in [6, 6.07) is 10.7. The van der Waals surface area contributed by atoms with Crippen LogP contribution in [0.25, 0.3) is 10.4 Å². The van der Waals surface area contributed by atoms with Gasteiger partial charge in [0, 0.05) is 30.7 Å². The number of hydrogen-bond donors (Lipinski definition) is 3. The molecule has 29 heavy (non-hydrogen) atoms. The van der Waals surface area contributed by atoms with Crippen molar-refractivity contribution in [1.29, 1.82) is 0 Å². The van der Waals surface area contributed by atoms with E-state index in [9.17, 15) is 13.2 Å². The molecule has 1 aromatic carbocycles. The predicted octanol–water partition coefficient (Wildman–Crippen LogP) is 2.46. The number of benzene rings is 1. The molecule has 2 aliphatic carbocycles. The fourth-order valence-electron chi connectivity index (χ4n) is 4.20. The molecule has 2 aromatic rings. The smallest absolute Gasteiger partial charge is 0.250 e. The number of amides is 1. The molecule has 3 N–H and O–H groups in total. The third kappa shape index (κ3) is 3.71. The van der Waals surface area contributed by atoms with Gasteiger partial charge in [-0.15, -0.1) is 11.3 Å². The molecule has 1 aromatic heterocycles. The summed E-state index contributed by atoms with van der Waals surface area (Å²) in [5, 5.41) is 9.04. The Labute approximate surface area is 174 Å². The molecule has 0 saturated heterocycles. The van der Waals surface area contributed by atoms with Gasteiger partial charge in [0.25, 0.3) is 0 Å². The van der Waals surface area contributed by atoms with E-state index < -0.39 is 27.9 Å². The van der Waals surface area contributed by atoms with Crippen molar-refractivity contribution in [2.24, 2.45) is 17.8 Å². The highest BCUT2D eigenvalue weighted by atomic mass is 32.2. The second kappa shape index (κ2) is 7.56. The van der Waals surface area contributed by atoms with Crippen LogP contribution in [0.5, 0.6) is 0 Å². The van der Waals surface area contributed by atoms with Gasteiger partial charge in [-0.3, -0.25) is 10.0 Å². The summed E-state index contributed by atoms with van der Waals surface area (Å²) >= 11 is 1.19. The van der Waals surface area contributed by atoms with E-state index in [1.54, 1.807) is 17.6 Å². The largest absolute Gasteiger partial charge is 0.378 e. The standard InChI is InChI=1S/C20H23N3O4S2/c1-23(2)15-7-5-12(6-8-15)16-9-10-17(28-16)29(26,27)22-19-14-4-3-13(11-14)18(19)20(24)21-25/h3-10,13-14,18-19,22,25H,11H2,1-2H3,(H,21,24). The molecule has 4 unspecified atom stereocenters. The van der Waals surface area contributed by atoms with Crippen LogP contribution in [-0.2, 0) is 14.8 Å². The van der Waals surface area contributed by atoms with Crippen molar-refractivity contribution in [3.8, 4) is 10.4 Å². The number of anilines is 1. The summed E-state index contributed by atoms with van der Waals surface area (Å²) in [7, 11) is 0.143. The highest BCUT2D eigenvalue weighted by molar-refractivity contribution is 7.91. The fourth-order valence-corrected chi connectivity index (χ4v) is 6.83. The molecule has 2 aliphatic rings. The van der Waals surface area contributed by atoms with Crippen LogP contribution in [0.4, 0.5) is 5.69 Å². The second-order valence-corrected chi connectivity index (χ2v) is 10.7. The Balaban J connectivity index is 1.55. The van der Waals surface area contributed by atoms with Gasteiger partial charge in [0.15, 0.2) is 0 Å². The average molecular weight is 434 g/mol. The molecule has 4 rings (SSSR count). The van der Waals surface area contributed by atoms with Gasteiger partial charge in [-0.2, -0.15) is 0 Å². The molecule has 9 heteroatoms. The zero-order valence-electron chi connectivity index (χ0n) is 16.1. The number of carbonyl (C=O) groups excluding carboxylic acids is 1. The molecule has 154 valence electrons. The molecular formula is C20H23N3O4S2. The van der Waals surface area contributed by atoms with E-state index in [1.807, 2.05) is 55.4 Å². The zero-order chi connectivity index (χ0) is 20.8. The van der Waals surface area contributed by atoms with Crippen molar-refractivity contribution >= 4 is 33.0 Å². The normalized spacial score (nSPS) is 25.3. The van der Waals surface area contributed by atoms with Crippen molar-refractivity contribution in [3.63, 3.8) is 0 Å². The first-order valence-corrected chi connectivity index (χ1v) is 11.6. The lowest BCUT2D eigenvalue weighted by Crippen LogP contribution is -2.48. The van der Waals surface area contributed by atoms with Gasteiger partial charge in [0.05, 0.1) is 5.92 Å². The van der Waals surface area contributed by atoms with E-state index in [2.05, 4.69) is 4.72 Å². The van der Waals surface area contributed by atoms with Gasteiger partial charge >= 0.3 is 0 Å². The summed E-state index contributed by atoms with van der Waals surface area (Å²) in [6.45, 7) is 0. The number of hydroxylamine groups is 1. The fraction of sp³-hybridized carbons (Fsp3) is 0.350. The van der Waals surface area contributed by atoms with Crippen LogP contribution in [0.15, 0.2) is 52.8 Å². The Kier molecular flexibility index (Phi) is 5.24. The van der Waals surface area contributed by atoms with Crippen LogP contribution in [0.3, 0.4) is 0 Å². The quantitative estimate of drug-likeness (QED) is 0.369. The maximum absolute atomic E-state index is 13.0. The summed E-state index contributed by atoms with van der Waals surface area (Å²) < 4.78 is 28.9. The number of nitrogens with zero attached hydrogens (tertiary/aromatic N) is 1. The first kappa shape index (κ1) is 20.1. The van der Waals surface area contributed by atoms with E-state index in [-0.39, 0.29) is 16.0 Å². The lowest BCUT2D eigenvalue weighted by molar-refractivity contribution is -0.134. The van der Waals surface area contributed by atoms with E-state index in [4.69, 9.17) is 5.21 Å². The van der Waals surface area contributed by atoms with E-state index in [0.29, 0.717) is 6.42 Å². The first-order valence-electron chi connectivity index (χ1n) is 9.32. The summed E-state index contributed by atoms with van der Waals surface area (Å²) in [5.74, 6) is -1.27. The number of hydrogen-bond acceptors (Lipinski definition) is 6. The van der Waals surface area contributed by atoms with Gasteiger partial charge < -0.3 is 4.90 Å². The Morgan fingerprint density at radius 1 is 1.10 bits per heavy atom. The van der Waals surface area contributed by atoms with Crippen molar-refractivity contribution in [2.45, 2.75) is 16.7 Å². The number of sulfonamides is 1. The second-order valence-electron chi connectivity index (χ2n) is 7.66. The van der Waals surface area contributed by atoms with E-state index in [1.165, 1.54) is 11.3 Å². The molecule has 0 aliphatic heterocycles. The minimum absolute atomic E-state index is 0.0462. The number of allylic oxidation sites excluding steroid dienone is 1. The van der Waals surface area contributed by atoms with Gasteiger partial charge in [-0.25, -0.2) is 18.6 Å². The monoisotopic (exact) mass is 433 g/mol. The van der Waals surface area contributed by atoms with Crippen LogP contribution in [0, 0.1) is 17.8 Å². The molecule has 1 fully saturated rings. The molecule has 0 spiro atoms. The van der Waals surface area contributed by atoms with Crippen molar-refractivity contribution < 1.29 is 18.4 Å². The van der Waals surface area contributed by atoms with Gasteiger partial charge in [-0.1, -0.05) is 24.3 Å². The lowest BCUT2D eigenvalue weighted by atomic mass is 9.89. The van der Waals surface area contributed by atoms with Crippen LogP contribution in [-0.4, -0.2) is 39.7 Å². The predicted molar refractivity (Wildman–Crippen MR) is 112 cm³/mol. The minimum Gasteiger partial charge on any atom is -0.378 e. The molecule has 1 saturated carbocycles. The van der Waals surface area contributed by atoms with Crippen molar-refractivity contribution in [2.75, 3.05) is 19.0 Å². The zero-order valence-corrected chi connectivity index (χ0v) is 17.7. The van der Waals surface area contributed by atoms with Crippen LogP contribution in [0.2, 0.25) is 0 Å². The van der Waals surface area contributed by atoms with Gasteiger partial charge in [0.2, 0.25) is 15.9 Å². The number of thiophene rings is 1. The van der Waals surface area contributed by atoms with Gasteiger partial charge in [0.1, 0.15) is 4.21 Å². The topological polar surface area (TPSA) is 98.7 Å². The Morgan fingerprint density at radius 3 is 2.45 bits per heavy atom. The number of nitrogens with one attached hydrogen (secondary N) is 2. The highest BCUT2D eigenvalue weighted by Crippen LogP contribution is 2.44. The minimum atomic E-state index is -3.78.